The molecular formula is C20H23BrN2O5. The quantitative estimate of drug-likeness (QED) is 0.599. The van der Waals surface area contributed by atoms with Crippen LogP contribution in [0.25, 0.3) is 0 Å². The zero-order chi connectivity index (χ0) is 20.5. The molecule has 1 fully saturated rings. The van der Waals surface area contributed by atoms with Crippen molar-refractivity contribution in [3.8, 4) is 11.5 Å². The number of hydrogen-bond donors (Lipinski definition) is 3. The molecule has 0 unspecified atom stereocenters. The van der Waals surface area contributed by atoms with Crippen LogP contribution in [0.2, 0.25) is 0 Å². The summed E-state index contributed by atoms with van der Waals surface area (Å²) in [5, 5.41) is 10.4. The minimum atomic E-state index is -0.833. The van der Waals surface area contributed by atoms with Gasteiger partial charge >= 0.3 is 0 Å². The van der Waals surface area contributed by atoms with Crippen molar-refractivity contribution in [1.29, 1.82) is 0 Å². The number of anilines is 2. The maximum atomic E-state index is 12.5. The SMILES string of the molecule is CC(=O)O.Nc1ccc(Br)c(Oc2ccccc2)c1NC(=O)C1CCOCC1. The fourth-order valence-electron chi connectivity index (χ4n) is 2.59. The predicted molar refractivity (Wildman–Crippen MR) is 111 cm³/mol. The molecule has 0 radical (unpaired) electrons. The monoisotopic (exact) mass is 450 g/mol. The number of carbonyl (C=O) groups is 2. The maximum Gasteiger partial charge on any atom is 0.300 e. The molecule has 0 bridgehead atoms. The molecule has 3 rings (SSSR count). The first-order valence-corrected chi connectivity index (χ1v) is 9.56. The number of benzene rings is 2. The molecule has 0 saturated carbocycles. The third-order valence-electron chi connectivity index (χ3n) is 3.95. The lowest BCUT2D eigenvalue weighted by atomic mass is 9.99. The van der Waals surface area contributed by atoms with Gasteiger partial charge in [0, 0.05) is 26.1 Å². The number of carbonyl (C=O) groups excluding carboxylic acids is 1. The lowest BCUT2D eigenvalue weighted by Gasteiger charge is -2.23. The zero-order valence-corrected chi connectivity index (χ0v) is 17.1. The van der Waals surface area contributed by atoms with Gasteiger partial charge < -0.3 is 25.6 Å². The smallest absolute Gasteiger partial charge is 0.300 e. The van der Waals surface area contributed by atoms with Gasteiger partial charge in [0.25, 0.3) is 5.97 Å². The molecule has 8 heteroatoms. The largest absolute Gasteiger partial charge is 0.481 e. The fourth-order valence-corrected chi connectivity index (χ4v) is 3.00. The summed E-state index contributed by atoms with van der Waals surface area (Å²) in [5.74, 6) is 0.217. The van der Waals surface area contributed by atoms with Gasteiger partial charge in [-0.05, 0) is 53.0 Å². The average molecular weight is 451 g/mol. The topological polar surface area (TPSA) is 111 Å². The number of nitrogens with two attached hydrogens (primary N) is 1. The van der Waals surface area contributed by atoms with Crippen molar-refractivity contribution in [3.63, 3.8) is 0 Å². The molecule has 0 aromatic heterocycles. The van der Waals surface area contributed by atoms with Gasteiger partial charge in [-0.1, -0.05) is 18.2 Å². The number of nitrogens with one attached hydrogen (secondary N) is 1. The van der Waals surface area contributed by atoms with Crippen molar-refractivity contribution >= 4 is 39.2 Å². The Morgan fingerprint density at radius 2 is 1.79 bits per heavy atom. The van der Waals surface area contributed by atoms with Crippen molar-refractivity contribution in [1.82, 2.24) is 0 Å². The van der Waals surface area contributed by atoms with E-state index >= 15 is 0 Å². The molecule has 28 heavy (non-hydrogen) atoms. The first-order chi connectivity index (χ1) is 13.4. The van der Waals surface area contributed by atoms with Crippen LogP contribution >= 0.6 is 15.9 Å². The highest BCUT2D eigenvalue weighted by Gasteiger charge is 2.24. The Hall–Kier alpha value is -2.58. The Morgan fingerprint density at radius 3 is 2.39 bits per heavy atom. The molecule has 150 valence electrons. The number of halogens is 1. The minimum Gasteiger partial charge on any atom is -0.481 e. The molecule has 1 amide bonds. The standard InChI is InChI=1S/C18H19BrN2O3.C2H4O2/c19-14-6-7-15(20)16(17(14)24-13-4-2-1-3-5-13)21-18(22)12-8-10-23-11-9-12;1-2(3)4/h1-7,12H,8-11,20H2,(H,21,22);1H3,(H,3,4). The molecule has 1 aliphatic rings. The lowest BCUT2D eigenvalue weighted by Crippen LogP contribution is -2.29. The Labute approximate surface area is 172 Å². The van der Waals surface area contributed by atoms with Crippen LogP contribution in [0.4, 0.5) is 11.4 Å². The van der Waals surface area contributed by atoms with Gasteiger partial charge in [-0.2, -0.15) is 0 Å². The van der Waals surface area contributed by atoms with E-state index in [0.717, 1.165) is 11.4 Å². The molecular weight excluding hydrogens is 428 g/mol. The van der Waals surface area contributed by atoms with Crippen LogP contribution in [0.15, 0.2) is 46.9 Å². The van der Waals surface area contributed by atoms with E-state index in [9.17, 15) is 4.79 Å². The van der Waals surface area contributed by atoms with Crippen molar-refractivity contribution < 1.29 is 24.2 Å². The Morgan fingerprint density at radius 1 is 1.18 bits per heavy atom. The van der Waals surface area contributed by atoms with Gasteiger partial charge in [-0.3, -0.25) is 9.59 Å². The van der Waals surface area contributed by atoms with E-state index in [2.05, 4.69) is 21.2 Å². The van der Waals surface area contributed by atoms with Crippen LogP contribution < -0.4 is 15.8 Å². The van der Waals surface area contributed by atoms with E-state index in [1.165, 1.54) is 0 Å². The second kappa shape index (κ2) is 10.7. The van der Waals surface area contributed by atoms with E-state index < -0.39 is 5.97 Å². The van der Waals surface area contributed by atoms with E-state index in [-0.39, 0.29) is 11.8 Å². The second-order valence-electron chi connectivity index (χ2n) is 6.15. The number of hydrogen-bond acceptors (Lipinski definition) is 5. The van der Waals surface area contributed by atoms with Crippen LogP contribution in [0.3, 0.4) is 0 Å². The molecule has 2 aromatic rings. The summed E-state index contributed by atoms with van der Waals surface area (Å²) in [7, 11) is 0. The third kappa shape index (κ3) is 6.54. The van der Waals surface area contributed by atoms with E-state index in [1.807, 2.05) is 30.3 Å². The van der Waals surface area contributed by atoms with Gasteiger partial charge in [0.15, 0.2) is 5.75 Å². The normalized spacial score (nSPS) is 13.8. The molecule has 1 heterocycles. The molecule has 0 aliphatic carbocycles. The number of ether oxygens (including phenoxy) is 2. The van der Waals surface area contributed by atoms with Gasteiger partial charge in [0.2, 0.25) is 5.91 Å². The summed E-state index contributed by atoms with van der Waals surface area (Å²) < 4.78 is 12.0. The molecule has 2 aromatic carbocycles. The predicted octanol–water partition coefficient (Wildman–Crippen LogP) is 4.28. The Bertz CT molecular complexity index is 804. The molecule has 0 atom stereocenters. The second-order valence-corrected chi connectivity index (χ2v) is 7.01. The Balaban J connectivity index is 0.000000640. The highest BCUT2D eigenvalue weighted by Crippen LogP contribution is 2.41. The number of rotatable bonds is 4. The number of para-hydroxylation sites is 1. The molecule has 0 spiro atoms. The summed E-state index contributed by atoms with van der Waals surface area (Å²) in [6.45, 7) is 2.30. The van der Waals surface area contributed by atoms with Crippen molar-refractivity contribution in [3.05, 3.63) is 46.9 Å². The van der Waals surface area contributed by atoms with Gasteiger partial charge in [0.1, 0.15) is 11.4 Å². The summed E-state index contributed by atoms with van der Waals surface area (Å²) >= 11 is 3.47. The highest BCUT2D eigenvalue weighted by atomic mass is 79.9. The lowest BCUT2D eigenvalue weighted by molar-refractivity contribution is -0.134. The number of amides is 1. The van der Waals surface area contributed by atoms with E-state index in [4.69, 9.17) is 25.1 Å². The van der Waals surface area contributed by atoms with Gasteiger partial charge in [-0.15, -0.1) is 0 Å². The number of aliphatic carboxylic acids is 1. The van der Waals surface area contributed by atoms with E-state index in [1.54, 1.807) is 12.1 Å². The number of carboxylic acids is 1. The van der Waals surface area contributed by atoms with Crippen LogP contribution in [-0.4, -0.2) is 30.2 Å². The average Bonchev–Trinajstić information content (AvgIpc) is 2.68. The molecule has 7 nitrogen and oxygen atoms in total. The Kier molecular flexibility index (Phi) is 8.28. The summed E-state index contributed by atoms with van der Waals surface area (Å²) in [4.78, 5) is 21.5. The van der Waals surface area contributed by atoms with E-state index in [0.29, 0.717) is 48.9 Å². The maximum absolute atomic E-state index is 12.5. The van der Waals surface area contributed by atoms with Crippen LogP contribution in [0.1, 0.15) is 19.8 Å². The first-order valence-electron chi connectivity index (χ1n) is 8.77. The number of nitrogen functional groups attached to an aromatic ring is 1. The first kappa shape index (κ1) is 21.7. The van der Waals surface area contributed by atoms with Crippen molar-refractivity contribution in [2.24, 2.45) is 5.92 Å². The van der Waals surface area contributed by atoms with Crippen LogP contribution in [-0.2, 0) is 14.3 Å². The third-order valence-corrected chi connectivity index (χ3v) is 4.57. The summed E-state index contributed by atoms with van der Waals surface area (Å²) in [5.41, 5.74) is 7.03. The van der Waals surface area contributed by atoms with Gasteiger partial charge in [-0.25, -0.2) is 0 Å². The molecule has 1 aliphatic heterocycles. The zero-order valence-electron chi connectivity index (χ0n) is 15.5. The summed E-state index contributed by atoms with van der Waals surface area (Å²) in [6.07, 6.45) is 1.43. The van der Waals surface area contributed by atoms with Crippen LogP contribution in [0, 0.1) is 5.92 Å². The number of carboxylic acid groups (broad SMARTS) is 1. The van der Waals surface area contributed by atoms with Crippen LogP contribution in [0.5, 0.6) is 11.5 Å². The summed E-state index contributed by atoms with van der Waals surface area (Å²) in [6, 6.07) is 12.9. The minimum absolute atomic E-state index is 0.0546. The van der Waals surface area contributed by atoms with Crippen molar-refractivity contribution in [2.75, 3.05) is 24.3 Å². The molecule has 4 N–H and O–H groups in total. The highest BCUT2D eigenvalue weighted by molar-refractivity contribution is 9.10. The van der Waals surface area contributed by atoms with Crippen molar-refractivity contribution in [2.45, 2.75) is 19.8 Å². The fraction of sp³-hybridized carbons (Fsp3) is 0.300. The molecule has 1 saturated heterocycles. The van der Waals surface area contributed by atoms with Gasteiger partial charge in [0.05, 0.1) is 10.2 Å².